The normalized spacial score (nSPS) is 19.9. The van der Waals surface area contributed by atoms with Crippen molar-refractivity contribution in [2.24, 2.45) is 0 Å². The quantitative estimate of drug-likeness (QED) is 0.839. The molecule has 0 amide bonds. The molecule has 0 unspecified atom stereocenters. The van der Waals surface area contributed by atoms with Crippen LogP contribution in [0.3, 0.4) is 0 Å². The van der Waals surface area contributed by atoms with Crippen molar-refractivity contribution in [1.82, 2.24) is 20.6 Å². The third-order valence-electron chi connectivity index (χ3n) is 2.34. The highest BCUT2D eigenvalue weighted by molar-refractivity contribution is 6.29. The lowest BCUT2D eigenvalue weighted by atomic mass is 10.2. The molecule has 1 aliphatic heterocycles. The highest BCUT2D eigenvalue weighted by atomic mass is 35.5. The van der Waals surface area contributed by atoms with Crippen LogP contribution in [0.1, 0.15) is 12.1 Å². The molecule has 84 valence electrons. The van der Waals surface area contributed by atoms with E-state index >= 15 is 0 Å². The molecule has 1 aromatic heterocycles. The molecule has 1 aliphatic rings. The monoisotopic (exact) mass is 248 g/mol. The van der Waals surface area contributed by atoms with Crippen LogP contribution in [0.5, 0.6) is 0 Å². The summed E-state index contributed by atoms with van der Waals surface area (Å²) in [5.74, 6) is 0. The Balaban J connectivity index is 0.00000112. The molecule has 6 heteroatoms. The number of nitrogens with one attached hydrogen (secondary N) is 2. The zero-order valence-corrected chi connectivity index (χ0v) is 9.81. The van der Waals surface area contributed by atoms with Crippen LogP contribution in [0.25, 0.3) is 0 Å². The second-order valence-corrected chi connectivity index (χ2v) is 3.72. The Morgan fingerprint density at radius 3 is 2.93 bits per heavy atom. The van der Waals surface area contributed by atoms with Crippen LogP contribution in [0.2, 0.25) is 5.15 Å². The van der Waals surface area contributed by atoms with Gasteiger partial charge in [0.15, 0.2) is 5.15 Å². The molecule has 1 aromatic rings. The van der Waals surface area contributed by atoms with E-state index < -0.39 is 0 Å². The maximum atomic E-state index is 5.88. The average molecular weight is 249 g/mol. The predicted molar refractivity (Wildman–Crippen MR) is 62.4 cm³/mol. The molecule has 4 nitrogen and oxygen atoms in total. The van der Waals surface area contributed by atoms with Gasteiger partial charge < -0.3 is 10.6 Å². The molecule has 0 saturated carbocycles. The van der Waals surface area contributed by atoms with Gasteiger partial charge in [-0.1, -0.05) is 11.6 Å². The SMILES string of the molecule is Cl.Clc1nccnc1CN[C@H]1CCNC1. The van der Waals surface area contributed by atoms with E-state index in [0.717, 1.165) is 25.2 Å². The molecule has 2 heterocycles. The average Bonchev–Trinajstić information content (AvgIpc) is 2.69. The predicted octanol–water partition coefficient (Wildman–Crippen LogP) is 1.00. The molecule has 1 saturated heterocycles. The Kier molecular flexibility index (Phi) is 5.25. The fourth-order valence-corrected chi connectivity index (χ4v) is 1.71. The number of nitrogens with zero attached hydrogens (tertiary/aromatic N) is 2. The molecule has 0 bridgehead atoms. The van der Waals surface area contributed by atoms with E-state index in [4.69, 9.17) is 11.6 Å². The summed E-state index contributed by atoms with van der Waals surface area (Å²) in [6, 6.07) is 0.535. The first-order valence-electron chi connectivity index (χ1n) is 4.76. The molecule has 0 radical (unpaired) electrons. The van der Waals surface area contributed by atoms with E-state index in [1.807, 2.05) is 0 Å². The van der Waals surface area contributed by atoms with Crippen LogP contribution in [0.15, 0.2) is 12.4 Å². The van der Waals surface area contributed by atoms with Crippen molar-refractivity contribution in [2.75, 3.05) is 13.1 Å². The van der Waals surface area contributed by atoms with Crippen molar-refractivity contribution in [3.05, 3.63) is 23.2 Å². The van der Waals surface area contributed by atoms with Crippen LogP contribution in [0.4, 0.5) is 0 Å². The second-order valence-electron chi connectivity index (χ2n) is 3.36. The smallest absolute Gasteiger partial charge is 0.151 e. The fraction of sp³-hybridized carbons (Fsp3) is 0.556. The molecule has 2 N–H and O–H groups in total. The maximum Gasteiger partial charge on any atom is 0.151 e. The van der Waals surface area contributed by atoms with Crippen molar-refractivity contribution in [3.63, 3.8) is 0 Å². The summed E-state index contributed by atoms with van der Waals surface area (Å²) < 4.78 is 0. The van der Waals surface area contributed by atoms with Gasteiger partial charge in [0.25, 0.3) is 0 Å². The minimum absolute atomic E-state index is 0. The summed E-state index contributed by atoms with van der Waals surface area (Å²) in [5, 5.41) is 7.17. The molecule has 15 heavy (non-hydrogen) atoms. The van der Waals surface area contributed by atoms with Crippen molar-refractivity contribution in [3.8, 4) is 0 Å². The Labute approximate surface area is 100 Å². The first-order chi connectivity index (χ1) is 6.86. The van der Waals surface area contributed by atoms with Crippen LogP contribution < -0.4 is 10.6 Å². The van der Waals surface area contributed by atoms with Crippen LogP contribution >= 0.6 is 24.0 Å². The third kappa shape index (κ3) is 3.57. The third-order valence-corrected chi connectivity index (χ3v) is 2.66. The lowest BCUT2D eigenvalue weighted by molar-refractivity contribution is 0.541. The summed E-state index contributed by atoms with van der Waals surface area (Å²) in [6.07, 6.45) is 4.43. The van der Waals surface area contributed by atoms with Gasteiger partial charge in [0.2, 0.25) is 0 Å². The molecule has 0 aliphatic carbocycles. The number of hydrogen-bond donors (Lipinski definition) is 2. The first-order valence-corrected chi connectivity index (χ1v) is 5.13. The van der Waals surface area contributed by atoms with E-state index in [9.17, 15) is 0 Å². The van der Waals surface area contributed by atoms with Crippen LogP contribution in [-0.4, -0.2) is 29.1 Å². The van der Waals surface area contributed by atoms with Crippen LogP contribution in [0, 0.1) is 0 Å². The minimum Gasteiger partial charge on any atom is -0.315 e. The van der Waals surface area contributed by atoms with Gasteiger partial charge in [0.05, 0.1) is 5.69 Å². The number of aromatic nitrogens is 2. The fourth-order valence-electron chi connectivity index (χ4n) is 1.54. The molecule has 0 aromatic carbocycles. The van der Waals surface area contributed by atoms with E-state index in [1.165, 1.54) is 0 Å². The standard InChI is InChI=1S/C9H13ClN4.ClH/c10-9-8(12-3-4-13-9)6-14-7-1-2-11-5-7;/h3-4,7,11,14H,1-2,5-6H2;1H/t7-;/m0./s1. The summed E-state index contributed by atoms with van der Waals surface area (Å²) >= 11 is 5.88. The maximum absolute atomic E-state index is 5.88. The number of halogens is 2. The lowest BCUT2D eigenvalue weighted by Crippen LogP contribution is -2.30. The van der Waals surface area contributed by atoms with E-state index in [0.29, 0.717) is 17.7 Å². The Morgan fingerprint density at radius 1 is 1.47 bits per heavy atom. The van der Waals surface area contributed by atoms with Crippen LogP contribution in [-0.2, 0) is 6.54 Å². The van der Waals surface area contributed by atoms with Gasteiger partial charge in [0, 0.05) is 31.5 Å². The lowest BCUT2D eigenvalue weighted by Gasteiger charge is -2.10. The largest absolute Gasteiger partial charge is 0.315 e. The van der Waals surface area contributed by atoms with E-state index in [-0.39, 0.29) is 12.4 Å². The summed E-state index contributed by atoms with van der Waals surface area (Å²) in [4.78, 5) is 8.13. The molecule has 1 atom stereocenters. The van der Waals surface area contributed by atoms with Gasteiger partial charge in [-0.05, 0) is 13.0 Å². The molecule has 2 rings (SSSR count). The van der Waals surface area contributed by atoms with Gasteiger partial charge in [-0.3, -0.25) is 4.98 Å². The zero-order valence-electron chi connectivity index (χ0n) is 8.24. The highest BCUT2D eigenvalue weighted by Gasteiger charge is 2.14. The molecular weight excluding hydrogens is 235 g/mol. The minimum atomic E-state index is 0. The number of hydrogen-bond acceptors (Lipinski definition) is 4. The topological polar surface area (TPSA) is 49.8 Å². The Bertz CT molecular complexity index is 302. The first kappa shape index (κ1) is 12.6. The van der Waals surface area contributed by atoms with Gasteiger partial charge in [-0.15, -0.1) is 12.4 Å². The van der Waals surface area contributed by atoms with Crippen molar-refractivity contribution in [1.29, 1.82) is 0 Å². The molecular formula is C9H14Cl2N4. The summed E-state index contributed by atoms with van der Waals surface area (Å²) in [6.45, 7) is 2.81. The van der Waals surface area contributed by atoms with E-state index in [1.54, 1.807) is 12.4 Å². The summed E-state index contributed by atoms with van der Waals surface area (Å²) in [5.41, 5.74) is 0.820. The van der Waals surface area contributed by atoms with Gasteiger partial charge in [-0.2, -0.15) is 0 Å². The Hall–Kier alpha value is -0.420. The zero-order chi connectivity index (χ0) is 9.80. The van der Waals surface area contributed by atoms with E-state index in [2.05, 4.69) is 20.6 Å². The molecule has 1 fully saturated rings. The molecule has 0 spiro atoms. The number of rotatable bonds is 3. The Morgan fingerprint density at radius 2 is 2.27 bits per heavy atom. The highest BCUT2D eigenvalue weighted by Crippen LogP contribution is 2.08. The van der Waals surface area contributed by atoms with Crippen molar-refractivity contribution < 1.29 is 0 Å². The van der Waals surface area contributed by atoms with Gasteiger partial charge in [0.1, 0.15) is 0 Å². The van der Waals surface area contributed by atoms with Gasteiger partial charge >= 0.3 is 0 Å². The second kappa shape index (κ2) is 6.23. The van der Waals surface area contributed by atoms with Crippen molar-refractivity contribution in [2.45, 2.75) is 19.0 Å². The van der Waals surface area contributed by atoms with Gasteiger partial charge in [-0.25, -0.2) is 4.98 Å². The summed E-state index contributed by atoms with van der Waals surface area (Å²) in [7, 11) is 0. The van der Waals surface area contributed by atoms with Crippen molar-refractivity contribution >= 4 is 24.0 Å².